The third kappa shape index (κ3) is 2.27. The molecule has 0 spiro atoms. The van der Waals surface area contributed by atoms with E-state index in [1.807, 2.05) is 25.1 Å². The summed E-state index contributed by atoms with van der Waals surface area (Å²) in [6.45, 7) is 6.05. The van der Waals surface area contributed by atoms with Gasteiger partial charge in [0.15, 0.2) is 5.69 Å². The molecular weight excluding hydrogens is 254 g/mol. The number of aryl methyl sites for hydroxylation is 1. The van der Waals surface area contributed by atoms with E-state index in [9.17, 15) is 4.79 Å². The number of ether oxygens (including phenoxy) is 1. The molecule has 2 rings (SSSR count). The van der Waals surface area contributed by atoms with Crippen molar-refractivity contribution in [3.05, 3.63) is 41.3 Å². The number of nitrogens with two attached hydrogens (primary N) is 1. The predicted octanol–water partition coefficient (Wildman–Crippen LogP) is 2.67. The molecule has 2 N–H and O–H groups in total. The molecule has 0 bridgehead atoms. The lowest BCUT2D eigenvalue weighted by molar-refractivity contribution is 0.0596. The number of nitrogen functional groups attached to an aromatic ring is 1. The van der Waals surface area contributed by atoms with Gasteiger partial charge in [-0.1, -0.05) is 32.0 Å². The van der Waals surface area contributed by atoms with Crippen LogP contribution in [0.2, 0.25) is 0 Å². The minimum atomic E-state index is -0.522. The number of hydrogen-bond donors (Lipinski definition) is 1. The maximum atomic E-state index is 11.7. The molecule has 0 fully saturated rings. The number of carbonyl (C=O) groups excluding carboxylic acids is 1. The number of imidazole rings is 1. The van der Waals surface area contributed by atoms with Gasteiger partial charge in [0.1, 0.15) is 11.6 Å². The normalized spacial score (nSPS) is 10.8. The molecule has 0 aliphatic heterocycles. The SMILES string of the molecule is COC(=O)c1nc(C)n(-c2ccccc2C(C)C)c1N. The van der Waals surface area contributed by atoms with E-state index in [1.165, 1.54) is 7.11 Å². The minimum Gasteiger partial charge on any atom is -0.464 e. The van der Waals surface area contributed by atoms with Crippen LogP contribution in [-0.2, 0) is 4.74 Å². The van der Waals surface area contributed by atoms with E-state index in [2.05, 4.69) is 24.9 Å². The number of para-hydroxylation sites is 1. The molecule has 2 aromatic rings. The van der Waals surface area contributed by atoms with Crippen molar-refractivity contribution < 1.29 is 9.53 Å². The molecule has 0 aliphatic carbocycles. The van der Waals surface area contributed by atoms with Crippen LogP contribution in [0.15, 0.2) is 24.3 Å². The van der Waals surface area contributed by atoms with Gasteiger partial charge >= 0.3 is 5.97 Å². The smallest absolute Gasteiger partial charge is 0.360 e. The Morgan fingerprint density at radius 2 is 2.00 bits per heavy atom. The number of carbonyl (C=O) groups is 1. The molecule has 1 heterocycles. The second kappa shape index (κ2) is 5.36. The molecule has 5 nitrogen and oxygen atoms in total. The van der Waals surface area contributed by atoms with Crippen LogP contribution < -0.4 is 5.73 Å². The van der Waals surface area contributed by atoms with Gasteiger partial charge < -0.3 is 10.5 Å². The highest BCUT2D eigenvalue weighted by atomic mass is 16.5. The van der Waals surface area contributed by atoms with Crippen molar-refractivity contribution in [3.63, 3.8) is 0 Å². The summed E-state index contributed by atoms with van der Waals surface area (Å²) >= 11 is 0. The Labute approximate surface area is 118 Å². The van der Waals surface area contributed by atoms with Crippen molar-refractivity contribution in [2.75, 3.05) is 12.8 Å². The average Bonchev–Trinajstić information content (AvgIpc) is 2.73. The molecule has 0 aliphatic rings. The van der Waals surface area contributed by atoms with Crippen molar-refractivity contribution in [1.29, 1.82) is 0 Å². The number of nitrogens with zero attached hydrogens (tertiary/aromatic N) is 2. The second-order valence-corrected chi connectivity index (χ2v) is 4.93. The third-order valence-corrected chi connectivity index (χ3v) is 3.26. The molecule has 0 amide bonds. The van der Waals surface area contributed by atoms with E-state index in [0.717, 1.165) is 11.3 Å². The fourth-order valence-electron chi connectivity index (χ4n) is 2.28. The first-order valence-corrected chi connectivity index (χ1v) is 6.49. The Kier molecular flexibility index (Phi) is 3.79. The fraction of sp³-hybridized carbons (Fsp3) is 0.333. The summed E-state index contributed by atoms with van der Waals surface area (Å²) in [6, 6.07) is 7.96. The van der Waals surface area contributed by atoms with Gasteiger partial charge in [-0.3, -0.25) is 4.57 Å². The van der Waals surface area contributed by atoms with Crippen molar-refractivity contribution >= 4 is 11.8 Å². The number of methoxy groups -OCH3 is 1. The van der Waals surface area contributed by atoms with Crippen molar-refractivity contribution in [2.45, 2.75) is 26.7 Å². The standard InChI is InChI=1S/C15H19N3O2/c1-9(2)11-7-5-6-8-12(11)18-10(3)17-13(14(18)16)15(19)20-4/h5-9H,16H2,1-4H3. The zero-order valence-electron chi connectivity index (χ0n) is 12.2. The van der Waals surface area contributed by atoms with E-state index in [4.69, 9.17) is 10.5 Å². The van der Waals surface area contributed by atoms with Crippen LogP contribution in [0.3, 0.4) is 0 Å². The number of esters is 1. The zero-order chi connectivity index (χ0) is 14.9. The first kappa shape index (κ1) is 14.1. The van der Waals surface area contributed by atoms with Crippen LogP contribution in [-0.4, -0.2) is 22.6 Å². The van der Waals surface area contributed by atoms with Crippen molar-refractivity contribution in [3.8, 4) is 5.69 Å². The number of hydrogen-bond acceptors (Lipinski definition) is 4. The number of benzene rings is 1. The first-order valence-electron chi connectivity index (χ1n) is 6.49. The molecule has 0 saturated carbocycles. The van der Waals surface area contributed by atoms with E-state index < -0.39 is 5.97 Å². The van der Waals surface area contributed by atoms with Gasteiger partial charge in [-0.2, -0.15) is 0 Å². The second-order valence-electron chi connectivity index (χ2n) is 4.93. The Morgan fingerprint density at radius 3 is 2.60 bits per heavy atom. The van der Waals surface area contributed by atoms with Gasteiger partial charge in [-0.25, -0.2) is 9.78 Å². The fourth-order valence-corrected chi connectivity index (χ4v) is 2.28. The van der Waals surface area contributed by atoms with Crippen LogP contribution in [0.1, 0.15) is 41.6 Å². The summed E-state index contributed by atoms with van der Waals surface area (Å²) in [5.41, 5.74) is 8.33. The van der Waals surface area contributed by atoms with Crippen LogP contribution in [0.4, 0.5) is 5.82 Å². The monoisotopic (exact) mass is 273 g/mol. The quantitative estimate of drug-likeness (QED) is 0.873. The number of anilines is 1. The molecule has 1 aromatic heterocycles. The van der Waals surface area contributed by atoms with E-state index >= 15 is 0 Å². The first-order chi connectivity index (χ1) is 9.47. The summed E-state index contributed by atoms with van der Waals surface area (Å²) < 4.78 is 6.50. The summed E-state index contributed by atoms with van der Waals surface area (Å²) in [5, 5.41) is 0. The van der Waals surface area contributed by atoms with E-state index in [-0.39, 0.29) is 5.69 Å². The lowest BCUT2D eigenvalue weighted by atomic mass is 10.0. The number of aromatic nitrogens is 2. The highest BCUT2D eigenvalue weighted by molar-refractivity contribution is 5.92. The van der Waals surface area contributed by atoms with Crippen LogP contribution in [0, 0.1) is 6.92 Å². The molecular formula is C15H19N3O2. The molecule has 0 saturated heterocycles. The average molecular weight is 273 g/mol. The molecule has 0 radical (unpaired) electrons. The number of rotatable bonds is 3. The van der Waals surface area contributed by atoms with Crippen molar-refractivity contribution in [2.24, 2.45) is 0 Å². The summed E-state index contributed by atoms with van der Waals surface area (Å²) in [5.74, 6) is 0.791. The van der Waals surface area contributed by atoms with Gasteiger partial charge in [0.25, 0.3) is 0 Å². The lowest BCUT2D eigenvalue weighted by Gasteiger charge is -2.15. The minimum absolute atomic E-state index is 0.156. The maximum absolute atomic E-state index is 11.7. The molecule has 1 aromatic carbocycles. The lowest BCUT2D eigenvalue weighted by Crippen LogP contribution is -2.09. The summed E-state index contributed by atoms with van der Waals surface area (Å²) in [7, 11) is 1.32. The van der Waals surface area contributed by atoms with Crippen LogP contribution in [0.5, 0.6) is 0 Å². The van der Waals surface area contributed by atoms with Gasteiger partial charge in [0, 0.05) is 0 Å². The maximum Gasteiger partial charge on any atom is 0.360 e. The van der Waals surface area contributed by atoms with Crippen molar-refractivity contribution in [1.82, 2.24) is 9.55 Å². The summed E-state index contributed by atoms with van der Waals surface area (Å²) in [4.78, 5) is 15.9. The van der Waals surface area contributed by atoms with Gasteiger partial charge in [-0.05, 0) is 24.5 Å². The van der Waals surface area contributed by atoms with Gasteiger partial charge in [-0.15, -0.1) is 0 Å². The predicted molar refractivity (Wildman–Crippen MR) is 78.1 cm³/mol. The molecule has 0 unspecified atom stereocenters. The topological polar surface area (TPSA) is 70.1 Å². The molecule has 5 heteroatoms. The zero-order valence-corrected chi connectivity index (χ0v) is 12.2. The highest BCUT2D eigenvalue weighted by Gasteiger charge is 2.21. The third-order valence-electron chi connectivity index (χ3n) is 3.26. The van der Waals surface area contributed by atoms with E-state index in [1.54, 1.807) is 4.57 Å². The Hall–Kier alpha value is -2.30. The van der Waals surface area contributed by atoms with E-state index in [0.29, 0.717) is 17.6 Å². The molecule has 20 heavy (non-hydrogen) atoms. The van der Waals surface area contributed by atoms with Gasteiger partial charge in [0.05, 0.1) is 12.8 Å². The largest absolute Gasteiger partial charge is 0.464 e. The highest BCUT2D eigenvalue weighted by Crippen LogP contribution is 2.27. The Morgan fingerprint density at radius 1 is 1.35 bits per heavy atom. The Bertz CT molecular complexity index is 645. The van der Waals surface area contributed by atoms with Gasteiger partial charge in [0.2, 0.25) is 0 Å². The van der Waals surface area contributed by atoms with Crippen LogP contribution in [0.25, 0.3) is 5.69 Å². The molecule has 106 valence electrons. The summed E-state index contributed by atoms with van der Waals surface area (Å²) in [6.07, 6.45) is 0. The Balaban J connectivity index is 2.65. The van der Waals surface area contributed by atoms with Crippen LogP contribution >= 0.6 is 0 Å². The molecule has 0 atom stereocenters.